The molecular weight excluding hydrogens is 336 g/mol. The van der Waals surface area contributed by atoms with Gasteiger partial charge in [0.2, 0.25) is 0 Å². The number of carbonyl (C=O) groups is 1. The number of hydrogen-bond acceptors (Lipinski definition) is 1. The highest BCUT2D eigenvalue weighted by Crippen LogP contribution is 2.28. The third kappa shape index (κ3) is 3.13. The molecule has 3 heteroatoms. The summed E-state index contributed by atoms with van der Waals surface area (Å²) in [6.45, 7) is 4.34. The van der Waals surface area contributed by atoms with Crippen LogP contribution >= 0.6 is 27.5 Å². The molecule has 0 aliphatic carbocycles. The standard InChI is InChI=1S/C17H16BrClO/c1-3-11(2)12-7-9-13(10-8-12)17(20)14-5-4-6-15(18)16(14)19/h4-11H,3H2,1-2H3. The predicted octanol–water partition coefficient (Wildman–Crippen LogP) is 5.85. The van der Waals surface area contributed by atoms with Gasteiger partial charge in [0.15, 0.2) is 5.78 Å². The van der Waals surface area contributed by atoms with Gasteiger partial charge in [-0.15, -0.1) is 0 Å². The highest BCUT2D eigenvalue weighted by atomic mass is 79.9. The van der Waals surface area contributed by atoms with Crippen LogP contribution in [0.5, 0.6) is 0 Å². The van der Waals surface area contributed by atoms with Crippen LogP contribution in [0.3, 0.4) is 0 Å². The molecule has 0 saturated heterocycles. The fraction of sp³-hybridized carbons (Fsp3) is 0.235. The molecule has 0 fully saturated rings. The quantitative estimate of drug-likeness (QED) is 0.632. The summed E-state index contributed by atoms with van der Waals surface area (Å²) in [7, 11) is 0. The summed E-state index contributed by atoms with van der Waals surface area (Å²) >= 11 is 9.52. The second-order valence-corrected chi connectivity index (χ2v) is 6.09. The van der Waals surface area contributed by atoms with Crippen LogP contribution in [0.15, 0.2) is 46.9 Å². The third-order valence-corrected chi connectivity index (χ3v) is 4.85. The lowest BCUT2D eigenvalue weighted by molar-refractivity contribution is 0.103. The van der Waals surface area contributed by atoms with Crippen molar-refractivity contribution in [3.8, 4) is 0 Å². The third-order valence-electron chi connectivity index (χ3n) is 3.55. The summed E-state index contributed by atoms with van der Waals surface area (Å²) in [5, 5.41) is 0.462. The van der Waals surface area contributed by atoms with E-state index in [1.54, 1.807) is 6.07 Å². The van der Waals surface area contributed by atoms with E-state index in [1.807, 2.05) is 36.4 Å². The lowest BCUT2D eigenvalue weighted by Gasteiger charge is -2.10. The largest absolute Gasteiger partial charge is 0.289 e. The van der Waals surface area contributed by atoms with E-state index in [-0.39, 0.29) is 5.78 Å². The Kier molecular flexibility index (Phi) is 5.00. The van der Waals surface area contributed by atoms with E-state index in [4.69, 9.17) is 11.6 Å². The van der Waals surface area contributed by atoms with E-state index in [9.17, 15) is 4.79 Å². The normalized spacial score (nSPS) is 12.2. The van der Waals surface area contributed by atoms with Crippen LogP contribution in [0, 0.1) is 0 Å². The van der Waals surface area contributed by atoms with Crippen LogP contribution in [-0.4, -0.2) is 5.78 Å². The first-order valence-corrected chi connectivity index (χ1v) is 7.80. The average Bonchev–Trinajstić information content (AvgIpc) is 2.48. The topological polar surface area (TPSA) is 17.1 Å². The van der Waals surface area contributed by atoms with Crippen molar-refractivity contribution >= 4 is 33.3 Å². The van der Waals surface area contributed by atoms with Gasteiger partial charge in [0.05, 0.1) is 5.02 Å². The van der Waals surface area contributed by atoms with Crippen LogP contribution in [0.4, 0.5) is 0 Å². The Morgan fingerprint density at radius 1 is 1.20 bits per heavy atom. The molecule has 0 aliphatic heterocycles. The zero-order chi connectivity index (χ0) is 14.7. The van der Waals surface area contributed by atoms with Gasteiger partial charge in [0.25, 0.3) is 0 Å². The highest BCUT2D eigenvalue weighted by Gasteiger charge is 2.14. The first-order chi connectivity index (χ1) is 9.54. The number of hydrogen-bond donors (Lipinski definition) is 0. The number of carbonyl (C=O) groups excluding carboxylic acids is 1. The van der Waals surface area contributed by atoms with Gasteiger partial charge in [-0.2, -0.15) is 0 Å². The fourth-order valence-corrected chi connectivity index (χ4v) is 2.61. The number of halogens is 2. The minimum atomic E-state index is -0.0491. The Hall–Kier alpha value is -1.12. The van der Waals surface area contributed by atoms with Gasteiger partial charge < -0.3 is 0 Å². The molecule has 0 heterocycles. The smallest absolute Gasteiger partial charge is 0.194 e. The molecular formula is C17H16BrClO. The van der Waals surface area contributed by atoms with Gasteiger partial charge in [-0.25, -0.2) is 0 Å². The molecule has 0 amide bonds. The van der Waals surface area contributed by atoms with Crippen LogP contribution in [0.25, 0.3) is 0 Å². The van der Waals surface area contributed by atoms with Gasteiger partial charge in [-0.05, 0) is 46.0 Å². The van der Waals surface area contributed by atoms with Crippen molar-refractivity contribution in [1.82, 2.24) is 0 Å². The van der Waals surface area contributed by atoms with Crippen LogP contribution < -0.4 is 0 Å². The summed E-state index contributed by atoms with van der Waals surface area (Å²) < 4.78 is 0.737. The van der Waals surface area contributed by atoms with Crippen LogP contribution in [0.1, 0.15) is 47.7 Å². The number of rotatable bonds is 4. The molecule has 0 aromatic heterocycles. The first-order valence-electron chi connectivity index (χ1n) is 6.63. The average molecular weight is 352 g/mol. The monoisotopic (exact) mass is 350 g/mol. The summed E-state index contributed by atoms with van der Waals surface area (Å²) in [6, 6.07) is 13.2. The summed E-state index contributed by atoms with van der Waals surface area (Å²) in [6.07, 6.45) is 1.09. The van der Waals surface area contributed by atoms with Crippen molar-refractivity contribution in [2.75, 3.05) is 0 Å². The molecule has 2 aromatic carbocycles. The van der Waals surface area contributed by atoms with E-state index >= 15 is 0 Å². The SMILES string of the molecule is CCC(C)c1ccc(C(=O)c2cccc(Br)c2Cl)cc1. The second kappa shape index (κ2) is 6.55. The lowest BCUT2D eigenvalue weighted by atomic mass is 9.95. The number of benzene rings is 2. The Morgan fingerprint density at radius 2 is 1.85 bits per heavy atom. The van der Waals surface area contributed by atoms with E-state index in [1.165, 1.54) is 5.56 Å². The van der Waals surface area contributed by atoms with Crippen LogP contribution in [-0.2, 0) is 0 Å². The van der Waals surface area contributed by atoms with Gasteiger partial charge in [0, 0.05) is 15.6 Å². The van der Waals surface area contributed by atoms with Gasteiger partial charge in [0.1, 0.15) is 0 Å². The van der Waals surface area contributed by atoms with Crippen molar-refractivity contribution in [2.45, 2.75) is 26.2 Å². The lowest BCUT2D eigenvalue weighted by Crippen LogP contribution is -2.03. The molecule has 0 radical (unpaired) electrons. The predicted molar refractivity (Wildman–Crippen MR) is 87.7 cm³/mol. The van der Waals surface area contributed by atoms with Gasteiger partial charge >= 0.3 is 0 Å². The molecule has 0 N–H and O–H groups in total. The van der Waals surface area contributed by atoms with E-state index in [2.05, 4.69) is 29.8 Å². The molecule has 0 bridgehead atoms. The minimum absolute atomic E-state index is 0.0491. The van der Waals surface area contributed by atoms with Crippen molar-refractivity contribution < 1.29 is 4.79 Å². The Bertz CT molecular complexity index is 619. The zero-order valence-corrected chi connectivity index (χ0v) is 13.8. The Labute approximate surface area is 133 Å². The van der Waals surface area contributed by atoms with E-state index in [0.717, 1.165) is 10.9 Å². The zero-order valence-electron chi connectivity index (χ0n) is 11.5. The van der Waals surface area contributed by atoms with Crippen LogP contribution in [0.2, 0.25) is 5.02 Å². The number of ketones is 1. The van der Waals surface area contributed by atoms with Gasteiger partial charge in [-0.1, -0.05) is 55.8 Å². The molecule has 2 rings (SSSR count). The fourth-order valence-electron chi connectivity index (χ4n) is 2.03. The van der Waals surface area contributed by atoms with Crippen molar-refractivity contribution in [3.63, 3.8) is 0 Å². The molecule has 1 atom stereocenters. The summed E-state index contributed by atoms with van der Waals surface area (Å²) in [5.41, 5.74) is 2.44. The molecule has 20 heavy (non-hydrogen) atoms. The summed E-state index contributed by atoms with van der Waals surface area (Å²) in [5.74, 6) is 0.459. The molecule has 0 saturated carbocycles. The Morgan fingerprint density at radius 3 is 2.45 bits per heavy atom. The Balaban J connectivity index is 2.32. The molecule has 104 valence electrons. The molecule has 0 spiro atoms. The maximum Gasteiger partial charge on any atom is 0.194 e. The molecule has 2 aromatic rings. The highest BCUT2D eigenvalue weighted by molar-refractivity contribution is 9.10. The molecule has 1 nitrogen and oxygen atoms in total. The maximum absolute atomic E-state index is 12.5. The van der Waals surface area contributed by atoms with Crippen molar-refractivity contribution in [3.05, 3.63) is 68.7 Å². The maximum atomic E-state index is 12.5. The minimum Gasteiger partial charge on any atom is -0.289 e. The van der Waals surface area contributed by atoms with Crippen molar-refractivity contribution in [1.29, 1.82) is 0 Å². The van der Waals surface area contributed by atoms with Gasteiger partial charge in [-0.3, -0.25) is 4.79 Å². The van der Waals surface area contributed by atoms with E-state index < -0.39 is 0 Å². The first kappa shape index (κ1) is 15.3. The van der Waals surface area contributed by atoms with E-state index in [0.29, 0.717) is 22.1 Å². The second-order valence-electron chi connectivity index (χ2n) is 4.86. The van der Waals surface area contributed by atoms with Crippen molar-refractivity contribution in [2.24, 2.45) is 0 Å². The summed E-state index contributed by atoms with van der Waals surface area (Å²) in [4.78, 5) is 12.5. The molecule has 1 unspecified atom stereocenters. The molecule has 0 aliphatic rings.